The predicted molar refractivity (Wildman–Crippen MR) is 108 cm³/mol. The fraction of sp³-hybridized carbons (Fsp3) is 0.0500. The number of benzene rings is 3. The summed E-state index contributed by atoms with van der Waals surface area (Å²) >= 11 is 5.81. The lowest BCUT2D eigenvalue weighted by atomic mass is 10.2. The largest absolute Gasteiger partial charge is 0.322 e. The number of nitrogens with zero attached hydrogens (tertiary/aromatic N) is 1. The van der Waals surface area contributed by atoms with Gasteiger partial charge in [-0.15, -0.1) is 0 Å². The lowest BCUT2D eigenvalue weighted by molar-refractivity contribution is 0.102. The van der Waals surface area contributed by atoms with Crippen LogP contribution in [-0.2, 0) is 10.0 Å². The molecule has 8 heteroatoms. The van der Waals surface area contributed by atoms with Gasteiger partial charge in [-0.1, -0.05) is 11.6 Å². The molecule has 0 aliphatic heterocycles. The maximum Gasteiger partial charge on any atom is 0.264 e. The summed E-state index contributed by atoms with van der Waals surface area (Å²) in [5, 5.41) is 3.09. The molecule has 1 amide bonds. The molecule has 0 saturated heterocycles. The van der Waals surface area contributed by atoms with Crippen molar-refractivity contribution >= 4 is 38.9 Å². The van der Waals surface area contributed by atoms with Crippen LogP contribution in [0.2, 0.25) is 5.02 Å². The Hall–Kier alpha value is -2.90. The first-order valence-corrected chi connectivity index (χ1v) is 10.0. The second kappa shape index (κ2) is 8.00. The third-order valence-electron chi connectivity index (χ3n) is 4.07. The smallest absolute Gasteiger partial charge is 0.264 e. The number of nitrogens with one attached hydrogen (secondary N) is 1. The Morgan fingerprint density at radius 2 is 1.50 bits per heavy atom. The zero-order valence-electron chi connectivity index (χ0n) is 14.8. The summed E-state index contributed by atoms with van der Waals surface area (Å²) in [4.78, 5) is 12.4. The standard InChI is InChI=1S/C20H16ClFN2O3S/c1-24(28(26,27)19-12-4-15(21)5-13-19)18-10-2-14(3-11-18)20(25)23-17-8-6-16(22)7-9-17/h2-13H,1H3,(H,23,25). The summed E-state index contributed by atoms with van der Waals surface area (Å²) in [6.07, 6.45) is 0. The van der Waals surface area contributed by atoms with Crippen molar-refractivity contribution in [3.8, 4) is 0 Å². The second-order valence-corrected chi connectivity index (χ2v) is 8.34. The highest BCUT2D eigenvalue weighted by atomic mass is 35.5. The van der Waals surface area contributed by atoms with Crippen molar-refractivity contribution in [2.75, 3.05) is 16.7 Å². The normalized spacial score (nSPS) is 11.1. The van der Waals surface area contributed by atoms with Crippen LogP contribution in [0.25, 0.3) is 0 Å². The number of carbonyl (C=O) groups is 1. The summed E-state index contributed by atoms with van der Waals surface area (Å²) in [7, 11) is -2.33. The molecule has 0 fully saturated rings. The maximum atomic E-state index is 12.9. The average Bonchev–Trinajstić information content (AvgIpc) is 2.69. The molecule has 5 nitrogen and oxygen atoms in total. The highest BCUT2D eigenvalue weighted by molar-refractivity contribution is 7.92. The van der Waals surface area contributed by atoms with Gasteiger partial charge in [-0.05, 0) is 72.8 Å². The SMILES string of the molecule is CN(c1ccc(C(=O)Nc2ccc(F)cc2)cc1)S(=O)(=O)c1ccc(Cl)cc1. The molecule has 3 rings (SSSR count). The van der Waals surface area contributed by atoms with E-state index in [4.69, 9.17) is 11.6 Å². The van der Waals surface area contributed by atoms with E-state index in [2.05, 4.69) is 5.32 Å². The van der Waals surface area contributed by atoms with Gasteiger partial charge in [0.25, 0.3) is 15.9 Å². The van der Waals surface area contributed by atoms with Gasteiger partial charge in [-0.25, -0.2) is 12.8 Å². The maximum absolute atomic E-state index is 12.9. The predicted octanol–water partition coefficient (Wildman–Crippen LogP) is 4.56. The van der Waals surface area contributed by atoms with Crippen molar-refractivity contribution in [2.24, 2.45) is 0 Å². The molecule has 0 atom stereocenters. The Balaban J connectivity index is 1.76. The third-order valence-corrected chi connectivity index (χ3v) is 6.12. The van der Waals surface area contributed by atoms with E-state index in [9.17, 15) is 17.6 Å². The Bertz CT molecular complexity index is 1080. The first-order valence-electron chi connectivity index (χ1n) is 8.19. The van der Waals surface area contributed by atoms with E-state index >= 15 is 0 Å². The molecule has 0 saturated carbocycles. The fourth-order valence-corrected chi connectivity index (χ4v) is 3.78. The van der Waals surface area contributed by atoms with Crippen LogP contribution in [0.1, 0.15) is 10.4 Å². The number of rotatable bonds is 5. The number of hydrogen-bond acceptors (Lipinski definition) is 3. The third kappa shape index (κ3) is 4.32. The molecule has 28 heavy (non-hydrogen) atoms. The highest BCUT2D eigenvalue weighted by Crippen LogP contribution is 2.24. The molecule has 1 N–H and O–H groups in total. The van der Waals surface area contributed by atoms with E-state index in [0.29, 0.717) is 22.0 Å². The van der Waals surface area contributed by atoms with Crippen molar-refractivity contribution in [2.45, 2.75) is 4.90 Å². The molecule has 3 aromatic rings. The number of anilines is 2. The van der Waals surface area contributed by atoms with Crippen LogP contribution in [-0.4, -0.2) is 21.4 Å². The van der Waals surface area contributed by atoms with Gasteiger partial charge in [-0.3, -0.25) is 9.10 Å². The minimum absolute atomic E-state index is 0.109. The van der Waals surface area contributed by atoms with Crippen molar-refractivity contribution in [1.82, 2.24) is 0 Å². The van der Waals surface area contributed by atoms with Crippen molar-refractivity contribution in [3.63, 3.8) is 0 Å². The lowest BCUT2D eigenvalue weighted by Crippen LogP contribution is -2.26. The Labute approximate surface area is 167 Å². The zero-order chi connectivity index (χ0) is 20.3. The van der Waals surface area contributed by atoms with Crippen LogP contribution in [0.5, 0.6) is 0 Å². The molecule has 0 heterocycles. The van der Waals surface area contributed by atoms with Gasteiger partial charge in [0, 0.05) is 23.3 Å². The summed E-state index contributed by atoms with van der Waals surface area (Å²) in [6, 6.07) is 17.4. The van der Waals surface area contributed by atoms with Crippen molar-refractivity contribution in [3.05, 3.63) is 89.2 Å². The highest BCUT2D eigenvalue weighted by Gasteiger charge is 2.21. The summed E-state index contributed by atoms with van der Waals surface area (Å²) < 4.78 is 39.5. The van der Waals surface area contributed by atoms with Crippen LogP contribution in [0, 0.1) is 5.82 Å². The molecule has 0 bridgehead atoms. The molecule has 0 spiro atoms. The molecule has 3 aromatic carbocycles. The van der Waals surface area contributed by atoms with Crippen LogP contribution in [0.3, 0.4) is 0 Å². The minimum Gasteiger partial charge on any atom is -0.322 e. The zero-order valence-corrected chi connectivity index (χ0v) is 16.3. The molecular weight excluding hydrogens is 403 g/mol. The number of amides is 1. The van der Waals surface area contributed by atoms with Crippen molar-refractivity contribution < 1.29 is 17.6 Å². The molecule has 0 unspecified atom stereocenters. The topological polar surface area (TPSA) is 66.5 Å². The molecule has 0 aromatic heterocycles. The lowest BCUT2D eigenvalue weighted by Gasteiger charge is -2.19. The molecule has 0 aliphatic rings. The van der Waals surface area contributed by atoms with E-state index < -0.39 is 15.8 Å². The van der Waals surface area contributed by atoms with E-state index in [-0.39, 0.29) is 10.8 Å². The fourth-order valence-electron chi connectivity index (χ4n) is 2.46. The van der Waals surface area contributed by atoms with E-state index in [1.807, 2.05) is 0 Å². The Kier molecular flexibility index (Phi) is 5.67. The van der Waals surface area contributed by atoms with Gasteiger partial charge >= 0.3 is 0 Å². The first-order chi connectivity index (χ1) is 13.3. The van der Waals surface area contributed by atoms with E-state index in [1.165, 1.54) is 79.8 Å². The first kappa shape index (κ1) is 19.9. The Morgan fingerprint density at radius 1 is 0.929 bits per heavy atom. The van der Waals surface area contributed by atoms with Crippen molar-refractivity contribution in [1.29, 1.82) is 0 Å². The van der Waals surface area contributed by atoms with Gasteiger partial charge in [0.2, 0.25) is 0 Å². The summed E-state index contributed by atoms with van der Waals surface area (Å²) in [5.74, 6) is -0.784. The molecular formula is C20H16ClFN2O3S. The number of hydrogen-bond donors (Lipinski definition) is 1. The average molecular weight is 419 g/mol. The van der Waals surface area contributed by atoms with Crippen LogP contribution >= 0.6 is 11.6 Å². The Morgan fingerprint density at radius 3 is 2.07 bits per heavy atom. The van der Waals surface area contributed by atoms with Gasteiger partial charge in [0.15, 0.2) is 0 Å². The molecule has 144 valence electrons. The van der Waals surface area contributed by atoms with Gasteiger partial charge in [-0.2, -0.15) is 0 Å². The second-order valence-electron chi connectivity index (χ2n) is 5.93. The van der Waals surface area contributed by atoms with E-state index in [0.717, 1.165) is 4.31 Å². The molecule has 0 aliphatic carbocycles. The van der Waals surface area contributed by atoms with E-state index in [1.54, 1.807) is 0 Å². The summed E-state index contributed by atoms with van der Waals surface area (Å²) in [5.41, 5.74) is 1.19. The monoisotopic (exact) mass is 418 g/mol. The van der Waals surface area contributed by atoms with Gasteiger partial charge in [0.05, 0.1) is 10.6 Å². The molecule has 0 radical (unpaired) electrons. The summed E-state index contributed by atoms with van der Waals surface area (Å²) in [6.45, 7) is 0. The minimum atomic E-state index is -3.76. The number of sulfonamides is 1. The van der Waals surface area contributed by atoms with Gasteiger partial charge < -0.3 is 5.32 Å². The van der Waals surface area contributed by atoms with Gasteiger partial charge in [0.1, 0.15) is 5.82 Å². The quantitative estimate of drug-likeness (QED) is 0.660. The van der Waals surface area contributed by atoms with Crippen LogP contribution in [0.15, 0.2) is 77.7 Å². The van der Waals surface area contributed by atoms with Crippen LogP contribution in [0.4, 0.5) is 15.8 Å². The number of carbonyl (C=O) groups excluding carboxylic acids is 1. The number of halogens is 2. The van der Waals surface area contributed by atoms with Crippen LogP contribution < -0.4 is 9.62 Å².